The number of rotatable bonds is 5. The van der Waals surface area contributed by atoms with Gasteiger partial charge in [0, 0.05) is 12.1 Å². The first kappa shape index (κ1) is 23.0. The summed E-state index contributed by atoms with van der Waals surface area (Å²) in [7, 11) is 0. The van der Waals surface area contributed by atoms with Crippen LogP contribution in [0.2, 0.25) is 0 Å². The zero-order valence-electron chi connectivity index (χ0n) is 17.4. The van der Waals surface area contributed by atoms with Crippen LogP contribution < -0.4 is 14.2 Å². The third-order valence-corrected chi connectivity index (χ3v) is 4.77. The van der Waals surface area contributed by atoms with Gasteiger partial charge in [-0.1, -0.05) is 0 Å². The molecule has 1 atom stereocenters. The van der Waals surface area contributed by atoms with Crippen LogP contribution in [0, 0.1) is 36.0 Å². The van der Waals surface area contributed by atoms with Crippen LogP contribution >= 0.6 is 0 Å². The number of fused-ring (bicyclic) bond motifs is 1. The van der Waals surface area contributed by atoms with E-state index in [0.29, 0.717) is 11.3 Å². The molecule has 0 spiro atoms. The smallest absolute Gasteiger partial charge is 0.352 e. The maximum Gasteiger partial charge on any atom is 0.352 e. The molecular formula is C23H13F5O6. The van der Waals surface area contributed by atoms with Gasteiger partial charge in [0.05, 0.1) is 11.8 Å². The van der Waals surface area contributed by atoms with Crippen molar-refractivity contribution in [1.29, 1.82) is 0 Å². The number of esters is 1. The highest BCUT2D eigenvalue weighted by molar-refractivity contribution is 6.15. The number of aryl methyl sites for hydroxylation is 1. The Labute approximate surface area is 188 Å². The van der Waals surface area contributed by atoms with Gasteiger partial charge in [0.15, 0.2) is 17.6 Å². The van der Waals surface area contributed by atoms with E-state index in [1.807, 2.05) is 0 Å². The van der Waals surface area contributed by atoms with E-state index in [2.05, 4.69) is 4.74 Å². The molecule has 3 aromatic rings. The minimum absolute atomic E-state index is 0.0282. The molecule has 6 nitrogen and oxygen atoms in total. The zero-order valence-corrected chi connectivity index (χ0v) is 17.4. The number of hydrogen-bond acceptors (Lipinski definition) is 6. The summed E-state index contributed by atoms with van der Waals surface area (Å²) in [6.45, 7) is 2.55. The SMILES string of the molecule is Cc1cc(OC(=O)C(C)Oc2c(F)c(F)c(F)c(F)c2F)cc2c1C(=O)/C(=C/c1ccco1)O2. The minimum Gasteiger partial charge on any atom is -0.473 e. The van der Waals surface area contributed by atoms with E-state index in [9.17, 15) is 31.5 Å². The highest BCUT2D eigenvalue weighted by Crippen LogP contribution is 2.38. The molecule has 0 N–H and O–H groups in total. The van der Waals surface area contributed by atoms with Crippen LogP contribution in [-0.2, 0) is 4.79 Å². The van der Waals surface area contributed by atoms with Gasteiger partial charge in [-0.2, -0.15) is 8.78 Å². The van der Waals surface area contributed by atoms with Crippen molar-refractivity contribution < 1.29 is 50.2 Å². The van der Waals surface area contributed by atoms with Gasteiger partial charge in [0.1, 0.15) is 17.3 Å². The molecule has 1 aromatic heterocycles. The van der Waals surface area contributed by atoms with Crippen LogP contribution in [0.4, 0.5) is 22.0 Å². The molecule has 176 valence electrons. The first-order chi connectivity index (χ1) is 16.1. The molecule has 1 aliphatic heterocycles. The fourth-order valence-corrected chi connectivity index (χ4v) is 3.15. The number of ether oxygens (including phenoxy) is 3. The Bertz CT molecular complexity index is 1320. The van der Waals surface area contributed by atoms with E-state index in [1.165, 1.54) is 24.5 Å². The van der Waals surface area contributed by atoms with Gasteiger partial charge in [-0.15, -0.1) is 0 Å². The van der Waals surface area contributed by atoms with E-state index >= 15 is 0 Å². The van der Waals surface area contributed by atoms with Gasteiger partial charge in [-0.3, -0.25) is 4.79 Å². The quantitative estimate of drug-likeness (QED) is 0.124. The van der Waals surface area contributed by atoms with Crippen molar-refractivity contribution in [2.45, 2.75) is 20.0 Å². The first-order valence-corrected chi connectivity index (χ1v) is 9.60. The topological polar surface area (TPSA) is 75.0 Å². The van der Waals surface area contributed by atoms with E-state index in [4.69, 9.17) is 13.9 Å². The van der Waals surface area contributed by atoms with E-state index in [1.54, 1.807) is 19.1 Å². The number of halogens is 5. The Morgan fingerprint density at radius 2 is 1.68 bits per heavy atom. The number of Topliss-reactive ketones (excluding diaryl/α,β-unsaturated/α-hetero) is 1. The normalized spacial score (nSPS) is 14.7. The number of ketones is 1. The standard InChI is InChI=1S/C23H13F5O6/c1-9-6-12(8-13-15(9)21(29)14(34-13)7-11-4-3-5-31-11)33-23(30)10(2)32-22-19(27)17(25)16(24)18(26)20(22)28/h3-8,10H,1-2H3/b14-7-. The summed E-state index contributed by atoms with van der Waals surface area (Å²) in [6, 6.07) is 5.79. The Morgan fingerprint density at radius 1 is 1.03 bits per heavy atom. The van der Waals surface area contributed by atoms with Gasteiger partial charge in [0.2, 0.25) is 34.9 Å². The van der Waals surface area contributed by atoms with Crippen molar-refractivity contribution in [3.8, 4) is 17.2 Å². The second-order valence-electron chi connectivity index (χ2n) is 7.15. The number of carbonyl (C=O) groups is 2. The van der Waals surface area contributed by atoms with E-state index in [-0.39, 0.29) is 22.8 Å². The summed E-state index contributed by atoms with van der Waals surface area (Å²) in [5, 5.41) is 0. The molecule has 0 amide bonds. The summed E-state index contributed by atoms with van der Waals surface area (Å²) in [4.78, 5) is 25.0. The predicted octanol–water partition coefficient (Wildman–Crippen LogP) is 5.27. The third-order valence-electron chi connectivity index (χ3n) is 4.77. The van der Waals surface area contributed by atoms with Crippen LogP contribution in [0.1, 0.15) is 28.6 Å². The summed E-state index contributed by atoms with van der Waals surface area (Å²) < 4.78 is 87.9. The molecule has 11 heteroatoms. The summed E-state index contributed by atoms with van der Waals surface area (Å²) in [5.74, 6) is -14.2. The fraction of sp³-hybridized carbons (Fsp3) is 0.130. The Hall–Kier alpha value is -4.15. The van der Waals surface area contributed by atoms with Gasteiger partial charge in [0.25, 0.3) is 0 Å². The Morgan fingerprint density at radius 3 is 2.29 bits per heavy atom. The molecule has 0 radical (unpaired) electrons. The lowest BCUT2D eigenvalue weighted by atomic mass is 10.0. The monoisotopic (exact) mass is 480 g/mol. The van der Waals surface area contributed by atoms with Gasteiger partial charge in [-0.25, -0.2) is 18.0 Å². The number of furan rings is 1. The van der Waals surface area contributed by atoms with Gasteiger partial charge < -0.3 is 18.6 Å². The van der Waals surface area contributed by atoms with Gasteiger partial charge in [-0.05, 0) is 37.6 Å². The van der Waals surface area contributed by atoms with Crippen LogP contribution in [0.25, 0.3) is 6.08 Å². The van der Waals surface area contributed by atoms with E-state index in [0.717, 1.165) is 6.92 Å². The van der Waals surface area contributed by atoms with Crippen molar-refractivity contribution in [3.05, 3.63) is 82.3 Å². The Balaban J connectivity index is 1.53. The highest BCUT2D eigenvalue weighted by atomic mass is 19.2. The fourth-order valence-electron chi connectivity index (χ4n) is 3.15. The number of benzene rings is 2. The maximum absolute atomic E-state index is 13.8. The van der Waals surface area contributed by atoms with Crippen LogP contribution in [0.5, 0.6) is 17.2 Å². The minimum atomic E-state index is -2.36. The Kier molecular flexibility index (Phi) is 5.86. The molecule has 0 saturated heterocycles. The number of carbonyl (C=O) groups excluding carboxylic acids is 2. The molecule has 0 saturated carbocycles. The van der Waals surface area contributed by atoms with Crippen molar-refractivity contribution in [2.75, 3.05) is 0 Å². The first-order valence-electron chi connectivity index (χ1n) is 9.60. The molecule has 1 aliphatic rings. The second kappa shape index (κ2) is 8.65. The van der Waals surface area contributed by atoms with E-state index < -0.39 is 52.7 Å². The number of hydrogen-bond donors (Lipinski definition) is 0. The highest BCUT2D eigenvalue weighted by Gasteiger charge is 2.32. The molecule has 34 heavy (non-hydrogen) atoms. The summed E-state index contributed by atoms with van der Waals surface area (Å²) in [6.07, 6.45) is 1.03. The van der Waals surface area contributed by atoms with Crippen molar-refractivity contribution in [1.82, 2.24) is 0 Å². The maximum atomic E-state index is 13.8. The molecular weight excluding hydrogens is 467 g/mol. The van der Waals surface area contributed by atoms with Crippen LogP contribution in [0.3, 0.4) is 0 Å². The zero-order chi connectivity index (χ0) is 24.7. The average molecular weight is 480 g/mol. The molecule has 0 bridgehead atoms. The molecule has 2 aromatic carbocycles. The number of allylic oxidation sites excluding steroid dienone is 1. The average Bonchev–Trinajstić information content (AvgIpc) is 3.42. The van der Waals surface area contributed by atoms with Crippen LogP contribution in [-0.4, -0.2) is 17.9 Å². The second-order valence-corrected chi connectivity index (χ2v) is 7.15. The van der Waals surface area contributed by atoms with Crippen molar-refractivity contribution in [3.63, 3.8) is 0 Å². The lowest BCUT2D eigenvalue weighted by Gasteiger charge is -2.16. The lowest BCUT2D eigenvalue weighted by Crippen LogP contribution is -2.29. The summed E-state index contributed by atoms with van der Waals surface area (Å²) in [5.41, 5.74) is 0.616. The molecule has 1 unspecified atom stereocenters. The lowest BCUT2D eigenvalue weighted by molar-refractivity contribution is -0.141. The molecule has 0 fully saturated rings. The van der Waals surface area contributed by atoms with Gasteiger partial charge >= 0.3 is 5.97 Å². The van der Waals surface area contributed by atoms with Crippen LogP contribution in [0.15, 0.2) is 40.7 Å². The summed E-state index contributed by atoms with van der Waals surface area (Å²) >= 11 is 0. The molecule has 0 aliphatic carbocycles. The largest absolute Gasteiger partial charge is 0.473 e. The molecule has 4 rings (SSSR count). The van der Waals surface area contributed by atoms with Crippen molar-refractivity contribution in [2.24, 2.45) is 0 Å². The predicted molar refractivity (Wildman–Crippen MR) is 105 cm³/mol. The molecule has 2 heterocycles. The third kappa shape index (κ3) is 4.00. The van der Waals surface area contributed by atoms with Crippen molar-refractivity contribution >= 4 is 17.8 Å².